The van der Waals surface area contributed by atoms with E-state index in [0.717, 1.165) is 23.6 Å². The number of carboxylic acid groups (broad SMARTS) is 1. The van der Waals surface area contributed by atoms with E-state index in [1.54, 1.807) is 42.9 Å². The highest BCUT2D eigenvalue weighted by Gasteiger charge is 2.38. The Morgan fingerprint density at radius 1 is 1.03 bits per heavy atom. The Morgan fingerprint density at radius 2 is 1.76 bits per heavy atom. The molecule has 3 aromatic rings. The first kappa shape index (κ1) is 24.6. The number of hydrogen-bond acceptors (Lipinski definition) is 5. The number of aliphatic carboxylic acids is 1. The van der Waals surface area contributed by atoms with Gasteiger partial charge in [0.25, 0.3) is 11.8 Å². The minimum atomic E-state index is -5.08. The highest BCUT2D eigenvalue weighted by Crippen LogP contribution is 2.25. The van der Waals surface area contributed by atoms with Crippen LogP contribution in [0.4, 0.5) is 18.9 Å². The van der Waals surface area contributed by atoms with E-state index in [0.29, 0.717) is 23.7 Å². The fraction of sp³-hybridized carbons (Fsp3) is 0.261. The zero-order chi connectivity index (χ0) is 24.7. The van der Waals surface area contributed by atoms with Gasteiger partial charge in [-0.3, -0.25) is 14.6 Å². The minimum absolute atomic E-state index is 0.229. The topological polar surface area (TPSA) is 121 Å². The van der Waals surface area contributed by atoms with E-state index in [1.807, 2.05) is 12.1 Å². The van der Waals surface area contributed by atoms with Gasteiger partial charge < -0.3 is 15.7 Å². The van der Waals surface area contributed by atoms with Gasteiger partial charge in [-0.25, -0.2) is 9.78 Å². The Hall–Kier alpha value is -4.02. The fourth-order valence-corrected chi connectivity index (χ4v) is 3.21. The summed E-state index contributed by atoms with van der Waals surface area (Å²) >= 11 is 0. The summed E-state index contributed by atoms with van der Waals surface area (Å²) in [5.74, 6) is -2.75. The lowest BCUT2D eigenvalue weighted by molar-refractivity contribution is -0.192. The highest BCUT2D eigenvalue weighted by molar-refractivity contribution is 6.14. The van der Waals surface area contributed by atoms with Crippen LogP contribution in [0.1, 0.15) is 40.1 Å². The van der Waals surface area contributed by atoms with Gasteiger partial charge in [-0.05, 0) is 48.4 Å². The van der Waals surface area contributed by atoms with Crippen LogP contribution in [0.5, 0.6) is 0 Å². The lowest BCUT2D eigenvalue weighted by Gasteiger charge is -2.25. The van der Waals surface area contributed by atoms with Crippen molar-refractivity contribution in [2.75, 3.05) is 11.9 Å². The Morgan fingerprint density at radius 3 is 2.41 bits per heavy atom. The van der Waals surface area contributed by atoms with Gasteiger partial charge in [-0.1, -0.05) is 18.6 Å². The van der Waals surface area contributed by atoms with Crippen LogP contribution in [0, 0.1) is 5.92 Å². The number of rotatable bonds is 5. The van der Waals surface area contributed by atoms with Gasteiger partial charge in [0.2, 0.25) is 0 Å². The molecular formula is C23H21F3N4O4. The average Bonchev–Trinajstić information content (AvgIpc) is 2.77. The number of benzene rings is 1. The summed E-state index contributed by atoms with van der Waals surface area (Å²) in [7, 11) is 0. The lowest BCUT2D eigenvalue weighted by Crippen LogP contribution is -2.33. The Labute approximate surface area is 192 Å². The van der Waals surface area contributed by atoms with Crippen molar-refractivity contribution in [1.29, 1.82) is 0 Å². The number of nitrogens with zero attached hydrogens (tertiary/aromatic N) is 2. The first-order valence-electron chi connectivity index (χ1n) is 10.3. The Balaban J connectivity index is 0.000000406. The molecule has 0 unspecified atom stereocenters. The SMILES string of the molecule is O=C(NCC1CCC1)c1ncccc1NC(=O)c1cccc2cnccc12.O=C(O)C(F)(F)F. The summed E-state index contributed by atoms with van der Waals surface area (Å²) in [6.07, 6.45) is 3.38. The van der Waals surface area contributed by atoms with Gasteiger partial charge in [0.1, 0.15) is 0 Å². The molecule has 2 heterocycles. The zero-order valence-electron chi connectivity index (χ0n) is 17.8. The summed E-state index contributed by atoms with van der Waals surface area (Å²) in [5, 5.41) is 14.6. The number of nitrogens with one attached hydrogen (secondary N) is 2. The monoisotopic (exact) mass is 474 g/mol. The largest absolute Gasteiger partial charge is 0.490 e. The number of carbonyl (C=O) groups is 3. The third kappa shape index (κ3) is 6.27. The molecule has 1 fully saturated rings. The number of halogens is 3. The van der Waals surface area contributed by atoms with Crippen LogP contribution >= 0.6 is 0 Å². The lowest BCUT2D eigenvalue weighted by atomic mass is 9.85. The molecule has 0 radical (unpaired) electrons. The molecule has 0 saturated heterocycles. The molecule has 178 valence electrons. The first-order valence-corrected chi connectivity index (χ1v) is 10.3. The number of fused-ring (bicyclic) bond motifs is 1. The van der Waals surface area contributed by atoms with Crippen LogP contribution in [0.2, 0.25) is 0 Å². The van der Waals surface area contributed by atoms with E-state index in [2.05, 4.69) is 20.6 Å². The highest BCUT2D eigenvalue weighted by atomic mass is 19.4. The number of alkyl halides is 3. The van der Waals surface area contributed by atoms with Crippen molar-refractivity contribution in [3.05, 3.63) is 66.2 Å². The third-order valence-electron chi connectivity index (χ3n) is 5.21. The molecule has 3 N–H and O–H groups in total. The molecule has 11 heteroatoms. The Kier molecular flexibility index (Phi) is 7.77. The van der Waals surface area contributed by atoms with Gasteiger partial charge >= 0.3 is 12.1 Å². The molecule has 1 aromatic carbocycles. The second-order valence-corrected chi connectivity index (χ2v) is 7.57. The molecule has 0 atom stereocenters. The molecule has 0 aliphatic heterocycles. The van der Waals surface area contributed by atoms with Gasteiger partial charge in [-0.15, -0.1) is 0 Å². The number of anilines is 1. The maximum Gasteiger partial charge on any atom is 0.490 e. The van der Waals surface area contributed by atoms with E-state index >= 15 is 0 Å². The van der Waals surface area contributed by atoms with E-state index in [1.165, 1.54) is 6.42 Å². The molecule has 0 bridgehead atoms. The molecule has 1 aliphatic carbocycles. The maximum atomic E-state index is 12.8. The van der Waals surface area contributed by atoms with Gasteiger partial charge in [-0.2, -0.15) is 13.2 Å². The van der Waals surface area contributed by atoms with Crippen LogP contribution in [0.3, 0.4) is 0 Å². The molecule has 4 rings (SSSR count). The number of aromatic nitrogens is 2. The van der Waals surface area contributed by atoms with Gasteiger partial charge in [0.15, 0.2) is 5.69 Å². The standard InChI is InChI=1S/C21H20N4O2.C2HF3O2/c26-20(17-7-2-6-15-13-22-11-9-16(15)17)25-18-8-3-10-23-19(18)21(27)24-12-14-4-1-5-14;3-2(4,5)1(6)7/h2-3,6-11,13-14H,1,4-5,12H2,(H,24,27)(H,25,26);(H,6,7). The first-order chi connectivity index (χ1) is 16.2. The molecule has 8 nitrogen and oxygen atoms in total. The van der Waals surface area contributed by atoms with Crippen molar-refractivity contribution in [2.24, 2.45) is 5.92 Å². The third-order valence-corrected chi connectivity index (χ3v) is 5.21. The van der Waals surface area contributed by atoms with Crippen molar-refractivity contribution < 1.29 is 32.7 Å². The number of hydrogen-bond donors (Lipinski definition) is 3. The number of carboxylic acids is 1. The smallest absolute Gasteiger partial charge is 0.475 e. The van der Waals surface area contributed by atoms with Crippen LogP contribution in [-0.4, -0.2) is 45.6 Å². The zero-order valence-corrected chi connectivity index (χ0v) is 17.8. The van der Waals surface area contributed by atoms with Crippen molar-refractivity contribution in [3.63, 3.8) is 0 Å². The van der Waals surface area contributed by atoms with Crippen molar-refractivity contribution in [3.8, 4) is 0 Å². The molecule has 1 saturated carbocycles. The van der Waals surface area contributed by atoms with E-state index in [-0.39, 0.29) is 17.5 Å². The van der Waals surface area contributed by atoms with Crippen molar-refractivity contribution in [1.82, 2.24) is 15.3 Å². The summed E-state index contributed by atoms with van der Waals surface area (Å²) in [6, 6.07) is 10.7. The summed E-state index contributed by atoms with van der Waals surface area (Å²) in [6.45, 7) is 0.652. The van der Waals surface area contributed by atoms with Crippen LogP contribution in [0.15, 0.2) is 55.0 Å². The molecule has 1 aliphatic rings. The second-order valence-electron chi connectivity index (χ2n) is 7.57. The quantitative estimate of drug-likeness (QED) is 0.513. The molecule has 2 aromatic heterocycles. The minimum Gasteiger partial charge on any atom is -0.475 e. The van der Waals surface area contributed by atoms with Gasteiger partial charge in [0.05, 0.1) is 5.69 Å². The van der Waals surface area contributed by atoms with Crippen LogP contribution < -0.4 is 10.6 Å². The number of carbonyl (C=O) groups excluding carboxylic acids is 2. The predicted molar refractivity (Wildman–Crippen MR) is 117 cm³/mol. The molecule has 34 heavy (non-hydrogen) atoms. The normalized spacial score (nSPS) is 13.3. The van der Waals surface area contributed by atoms with Gasteiger partial charge in [0, 0.05) is 36.1 Å². The molecule has 2 amide bonds. The van der Waals surface area contributed by atoms with Crippen LogP contribution in [-0.2, 0) is 4.79 Å². The summed E-state index contributed by atoms with van der Waals surface area (Å²) in [4.78, 5) is 42.5. The predicted octanol–water partition coefficient (Wildman–Crippen LogP) is 4.05. The number of amides is 2. The summed E-state index contributed by atoms with van der Waals surface area (Å²) < 4.78 is 31.7. The second kappa shape index (κ2) is 10.7. The van der Waals surface area contributed by atoms with E-state index in [4.69, 9.17) is 9.90 Å². The molecule has 0 spiro atoms. The van der Waals surface area contributed by atoms with Crippen LogP contribution in [0.25, 0.3) is 10.8 Å². The molecular weight excluding hydrogens is 453 g/mol. The maximum absolute atomic E-state index is 12.8. The van der Waals surface area contributed by atoms with Crippen molar-refractivity contribution in [2.45, 2.75) is 25.4 Å². The van der Waals surface area contributed by atoms with E-state index in [9.17, 15) is 22.8 Å². The Bertz CT molecular complexity index is 1190. The summed E-state index contributed by atoms with van der Waals surface area (Å²) in [5.41, 5.74) is 1.16. The van der Waals surface area contributed by atoms with E-state index < -0.39 is 12.1 Å². The average molecular weight is 474 g/mol. The fourth-order valence-electron chi connectivity index (χ4n) is 3.21. The van der Waals surface area contributed by atoms with Crippen molar-refractivity contribution >= 4 is 34.2 Å². The number of pyridine rings is 2.